The van der Waals surface area contributed by atoms with E-state index in [-0.39, 0.29) is 0 Å². The van der Waals surface area contributed by atoms with Gasteiger partial charge in [-0.05, 0) is 24.7 Å². The summed E-state index contributed by atoms with van der Waals surface area (Å²) in [4.78, 5) is 10.7. The van der Waals surface area contributed by atoms with E-state index >= 15 is 0 Å². The van der Waals surface area contributed by atoms with Gasteiger partial charge < -0.3 is 5.11 Å². The number of fused-ring (bicyclic) bond motifs is 1. The highest BCUT2D eigenvalue weighted by atomic mass is 16.4. The monoisotopic (exact) mass is 178 g/mol. The Balaban J connectivity index is 2.16. The molecule has 0 aromatic heterocycles. The van der Waals surface area contributed by atoms with Gasteiger partial charge in [-0.2, -0.15) is 0 Å². The average molecular weight is 178 g/mol. The lowest BCUT2D eigenvalue weighted by atomic mass is 9.76. The lowest BCUT2D eigenvalue weighted by Crippen LogP contribution is -2.19. The van der Waals surface area contributed by atoms with Crippen molar-refractivity contribution in [1.29, 1.82) is 0 Å². The summed E-state index contributed by atoms with van der Waals surface area (Å²) < 4.78 is 0. The summed E-state index contributed by atoms with van der Waals surface area (Å²) in [5.41, 5.74) is 0.475. The number of aliphatic carboxylic acids is 1. The van der Waals surface area contributed by atoms with E-state index < -0.39 is 5.97 Å². The number of carboxylic acid groups (broad SMARTS) is 1. The summed E-state index contributed by atoms with van der Waals surface area (Å²) >= 11 is 0. The van der Waals surface area contributed by atoms with Crippen LogP contribution in [0, 0.1) is 11.8 Å². The van der Waals surface area contributed by atoms with Gasteiger partial charge in [-0.3, -0.25) is 0 Å². The van der Waals surface area contributed by atoms with E-state index in [1.54, 1.807) is 6.08 Å². The Kier molecular flexibility index (Phi) is 2.21. The normalized spacial score (nSPS) is 32.2. The second-order valence-electron chi connectivity index (χ2n) is 3.90. The highest BCUT2D eigenvalue weighted by molar-refractivity contribution is 5.90. The van der Waals surface area contributed by atoms with Crippen LogP contribution in [0.2, 0.25) is 0 Å². The molecule has 1 fully saturated rings. The van der Waals surface area contributed by atoms with Crippen molar-refractivity contribution in [1.82, 2.24) is 0 Å². The Morgan fingerprint density at radius 3 is 2.69 bits per heavy atom. The van der Waals surface area contributed by atoms with Crippen LogP contribution in [-0.4, -0.2) is 11.1 Å². The molecule has 0 aliphatic heterocycles. The summed E-state index contributed by atoms with van der Waals surface area (Å²) in [5.74, 6) is 0.307. The predicted octanol–water partition coefficient (Wildman–Crippen LogP) is 2.37. The van der Waals surface area contributed by atoms with Crippen molar-refractivity contribution in [2.75, 3.05) is 0 Å². The molecular weight excluding hydrogens is 164 g/mol. The fourth-order valence-corrected chi connectivity index (χ4v) is 2.29. The summed E-state index contributed by atoms with van der Waals surface area (Å²) in [6, 6.07) is 0. The first kappa shape index (κ1) is 8.54. The van der Waals surface area contributed by atoms with Crippen molar-refractivity contribution in [3.05, 3.63) is 23.8 Å². The molecule has 2 atom stereocenters. The molecule has 0 aromatic carbocycles. The average Bonchev–Trinajstić information content (AvgIpc) is 2.17. The van der Waals surface area contributed by atoms with Crippen LogP contribution in [0.5, 0.6) is 0 Å². The van der Waals surface area contributed by atoms with Crippen LogP contribution in [0.15, 0.2) is 23.8 Å². The SMILES string of the molecule is O=C(O)C1=CC2CCCCC2C=C1. The van der Waals surface area contributed by atoms with Crippen molar-refractivity contribution in [2.24, 2.45) is 11.8 Å². The first-order chi connectivity index (χ1) is 6.27. The number of rotatable bonds is 1. The number of carbonyl (C=O) groups is 1. The fourth-order valence-electron chi connectivity index (χ4n) is 2.29. The van der Waals surface area contributed by atoms with Crippen LogP contribution in [-0.2, 0) is 4.79 Å². The number of hydrogen-bond donors (Lipinski definition) is 1. The molecule has 1 saturated carbocycles. The maximum atomic E-state index is 10.7. The minimum atomic E-state index is -0.791. The molecule has 0 saturated heterocycles. The zero-order valence-electron chi connectivity index (χ0n) is 7.57. The molecule has 0 heterocycles. The zero-order valence-corrected chi connectivity index (χ0v) is 7.57. The summed E-state index contributed by atoms with van der Waals surface area (Å²) in [5, 5.41) is 8.81. The summed E-state index contributed by atoms with van der Waals surface area (Å²) in [6.07, 6.45) is 10.7. The van der Waals surface area contributed by atoms with E-state index in [1.807, 2.05) is 6.08 Å². The number of hydrogen-bond acceptors (Lipinski definition) is 1. The van der Waals surface area contributed by atoms with Gasteiger partial charge in [-0.25, -0.2) is 4.79 Å². The molecule has 0 amide bonds. The van der Waals surface area contributed by atoms with E-state index in [2.05, 4.69) is 6.08 Å². The summed E-state index contributed by atoms with van der Waals surface area (Å²) in [6.45, 7) is 0. The molecule has 0 bridgehead atoms. The molecule has 1 N–H and O–H groups in total. The lowest BCUT2D eigenvalue weighted by molar-refractivity contribution is -0.132. The largest absolute Gasteiger partial charge is 0.478 e. The molecule has 2 rings (SSSR count). The van der Waals surface area contributed by atoms with E-state index in [1.165, 1.54) is 19.3 Å². The fraction of sp³-hybridized carbons (Fsp3) is 0.545. The molecule has 70 valence electrons. The van der Waals surface area contributed by atoms with Gasteiger partial charge in [-0.15, -0.1) is 0 Å². The minimum absolute atomic E-state index is 0.475. The number of carboxylic acids is 1. The molecule has 2 unspecified atom stereocenters. The Labute approximate surface area is 78.0 Å². The lowest BCUT2D eigenvalue weighted by Gasteiger charge is -2.29. The van der Waals surface area contributed by atoms with E-state index in [0.29, 0.717) is 17.4 Å². The molecule has 2 heteroatoms. The van der Waals surface area contributed by atoms with E-state index in [0.717, 1.165) is 6.42 Å². The maximum absolute atomic E-state index is 10.7. The molecule has 2 nitrogen and oxygen atoms in total. The number of allylic oxidation sites excluding steroid dienone is 2. The van der Waals surface area contributed by atoms with Crippen LogP contribution < -0.4 is 0 Å². The van der Waals surface area contributed by atoms with Crippen molar-refractivity contribution in [3.8, 4) is 0 Å². The molecular formula is C11H14O2. The van der Waals surface area contributed by atoms with Gasteiger partial charge in [0.1, 0.15) is 0 Å². The molecule has 2 aliphatic carbocycles. The summed E-state index contributed by atoms with van der Waals surface area (Å²) in [7, 11) is 0. The van der Waals surface area contributed by atoms with E-state index in [4.69, 9.17) is 5.11 Å². The van der Waals surface area contributed by atoms with Crippen LogP contribution >= 0.6 is 0 Å². The van der Waals surface area contributed by atoms with Crippen LogP contribution in [0.3, 0.4) is 0 Å². The van der Waals surface area contributed by atoms with Gasteiger partial charge in [0, 0.05) is 0 Å². The first-order valence-corrected chi connectivity index (χ1v) is 4.90. The predicted molar refractivity (Wildman–Crippen MR) is 50.3 cm³/mol. The maximum Gasteiger partial charge on any atom is 0.335 e. The second-order valence-corrected chi connectivity index (χ2v) is 3.90. The van der Waals surface area contributed by atoms with Crippen molar-refractivity contribution in [2.45, 2.75) is 25.7 Å². The molecule has 0 aromatic rings. The quantitative estimate of drug-likeness (QED) is 0.669. The zero-order chi connectivity index (χ0) is 9.26. The van der Waals surface area contributed by atoms with Gasteiger partial charge in [0.15, 0.2) is 0 Å². The molecule has 0 radical (unpaired) electrons. The van der Waals surface area contributed by atoms with Gasteiger partial charge in [0.05, 0.1) is 5.57 Å². The van der Waals surface area contributed by atoms with Crippen molar-refractivity contribution in [3.63, 3.8) is 0 Å². The Morgan fingerprint density at radius 2 is 2.00 bits per heavy atom. The van der Waals surface area contributed by atoms with Gasteiger partial charge in [0.2, 0.25) is 0 Å². The van der Waals surface area contributed by atoms with E-state index in [9.17, 15) is 4.79 Å². The van der Waals surface area contributed by atoms with Gasteiger partial charge >= 0.3 is 5.97 Å². The smallest absolute Gasteiger partial charge is 0.335 e. The standard InChI is InChI=1S/C11H14O2/c12-11(13)10-6-5-8-3-1-2-4-9(8)7-10/h5-9H,1-4H2,(H,12,13). The molecule has 13 heavy (non-hydrogen) atoms. The highest BCUT2D eigenvalue weighted by Crippen LogP contribution is 2.35. The Bertz CT molecular complexity index is 276. The van der Waals surface area contributed by atoms with Gasteiger partial charge in [0.25, 0.3) is 0 Å². The topological polar surface area (TPSA) is 37.3 Å². The molecule has 2 aliphatic rings. The third-order valence-corrected chi connectivity index (χ3v) is 3.04. The Morgan fingerprint density at radius 1 is 1.31 bits per heavy atom. The first-order valence-electron chi connectivity index (χ1n) is 4.90. The van der Waals surface area contributed by atoms with Crippen molar-refractivity contribution >= 4 is 5.97 Å². The Hall–Kier alpha value is -1.05. The third-order valence-electron chi connectivity index (χ3n) is 3.04. The highest BCUT2D eigenvalue weighted by Gasteiger charge is 2.25. The van der Waals surface area contributed by atoms with Crippen LogP contribution in [0.25, 0.3) is 0 Å². The van der Waals surface area contributed by atoms with Crippen LogP contribution in [0.1, 0.15) is 25.7 Å². The van der Waals surface area contributed by atoms with Gasteiger partial charge in [-0.1, -0.05) is 31.1 Å². The molecule has 0 spiro atoms. The van der Waals surface area contributed by atoms with Crippen molar-refractivity contribution < 1.29 is 9.90 Å². The second kappa shape index (κ2) is 3.36. The van der Waals surface area contributed by atoms with Crippen LogP contribution in [0.4, 0.5) is 0 Å². The minimum Gasteiger partial charge on any atom is -0.478 e. The third kappa shape index (κ3) is 1.67.